The lowest BCUT2D eigenvalue weighted by Gasteiger charge is -2.43. The van der Waals surface area contributed by atoms with Crippen molar-refractivity contribution in [3.05, 3.63) is 29.8 Å². The van der Waals surface area contributed by atoms with E-state index < -0.39 is 0 Å². The van der Waals surface area contributed by atoms with Crippen LogP contribution in [0, 0.1) is 0 Å². The van der Waals surface area contributed by atoms with Crippen LogP contribution >= 0.6 is 0 Å². The van der Waals surface area contributed by atoms with Crippen LogP contribution in [-0.2, 0) is 0 Å². The zero-order chi connectivity index (χ0) is 15.2. The molecular formula is C17H28N2O2. The molecule has 1 N–H and O–H groups in total. The molecule has 1 heterocycles. The summed E-state index contributed by atoms with van der Waals surface area (Å²) in [4.78, 5) is 4.93. The molecule has 0 radical (unpaired) electrons. The predicted octanol–water partition coefficient (Wildman–Crippen LogP) is 2.14. The van der Waals surface area contributed by atoms with Crippen molar-refractivity contribution in [3.63, 3.8) is 0 Å². The highest BCUT2D eigenvalue weighted by Crippen LogP contribution is 2.27. The monoisotopic (exact) mass is 292 g/mol. The van der Waals surface area contributed by atoms with E-state index in [1.54, 1.807) is 7.11 Å². The highest BCUT2D eigenvalue weighted by Gasteiger charge is 2.29. The Morgan fingerprint density at radius 3 is 2.81 bits per heavy atom. The van der Waals surface area contributed by atoms with Crippen LogP contribution in [0.5, 0.6) is 5.75 Å². The van der Waals surface area contributed by atoms with Crippen molar-refractivity contribution < 1.29 is 9.84 Å². The van der Waals surface area contributed by atoms with Gasteiger partial charge < -0.3 is 14.7 Å². The molecule has 0 aromatic heterocycles. The SMILES string of the molecule is CCCN1CCN(C(CO)c2cccc(OC)c2)C(C)C1. The molecule has 1 fully saturated rings. The third-order valence-electron chi connectivity index (χ3n) is 4.35. The van der Waals surface area contributed by atoms with E-state index in [1.165, 1.54) is 13.0 Å². The van der Waals surface area contributed by atoms with Crippen molar-refractivity contribution in [2.75, 3.05) is 39.9 Å². The largest absolute Gasteiger partial charge is 0.497 e. The van der Waals surface area contributed by atoms with Gasteiger partial charge in [-0.25, -0.2) is 0 Å². The van der Waals surface area contributed by atoms with Crippen molar-refractivity contribution in [2.45, 2.75) is 32.4 Å². The van der Waals surface area contributed by atoms with Crippen molar-refractivity contribution in [1.29, 1.82) is 0 Å². The molecular weight excluding hydrogens is 264 g/mol. The Bertz CT molecular complexity index is 439. The highest BCUT2D eigenvalue weighted by atomic mass is 16.5. The molecule has 2 atom stereocenters. The quantitative estimate of drug-likeness (QED) is 0.871. The van der Waals surface area contributed by atoms with Gasteiger partial charge in [0.05, 0.1) is 19.8 Å². The Balaban J connectivity index is 2.10. The van der Waals surface area contributed by atoms with Gasteiger partial charge in [0.15, 0.2) is 0 Å². The summed E-state index contributed by atoms with van der Waals surface area (Å²) < 4.78 is 5.30. The second kappa shape index (κ2) is 7.78. The summed E-state index contributed by atoms with van der Waals surface area (Å²) in [6, 6.07) is 8.56. The van der Waals surface area contributed by atoms with E-state index in [4.69, 9.17) is 4.74 Å². The lowest BCUT2D eigenvalue weighted by atomic mass is 10.0. The first kappa shape index (κ1) is 16.3. The maximum Gasteiger partial charge on any atom is 0.119 e. The molecule has 1 aliphatic rings. The van der Waals surface area contributed by atoms with Gasteiger partial charge in [0, 0.05) is 25.7 Å². The Morgan fingerprint density at radius 2 is 2.19 bits per heavy atom. The first-order valence-corrected chi connectivity index (χ1v) is 7.92. The molecule has 1 saturated heterocycles. The number of aliphatic hydroxyl groups excluding tert-OH is 1. The van der Waals surface area contributed by atoms with Gasteiger partial charge in [-0.15, -0.1) is 0 Å². The van der Waals surface area contributed by atoms with Crippen LogP contribution in [0.2, 0.25) is 0 Å². The number of rotatable bonds is 6. The van der Waals surface area contributed by atoms with Crippen LogP contribution in [0.3, 0.4) is 0 Å². The van der Waals surface area contributed by atoms with Crippen LogP contribution in [0.4, 0.5) is 0 Å². The summed E-state index contributed by atoms with van der Waals surface area (Å²) in [5, 5.41) is 9.89. The van der Waals surface area contributed by atoms with Gasteiger partial charge in [0.25, 0.3) is 0 Å². The minimum absolute atomic E-state index is 0.0545. The van der Waals surface area contributed by atoms with E-state index in [0.717, 1.165) is 30.9 Å². The standard InChI is InChI=1S/C17H28N2O2/c1-4-8-18-9-10-19(14(2)12-18)17(13-20)15-6-5-7-16(11-15)21-3/h5-7,11,14,17,20H,4,8-10,12-13H2,1-3H3. The molecule has 21 heavy (non-hydrogen) atoms. The molecule has 0 aliphatic carbocycles. The number of methoxy groups -OCH3 is 1. The topological polar surface area (TPSA) is 35.9 Å². The van der Waals surface area contributed by atoms with Crippen LogP contribution in [0.15, 0.2) is 24.3 Å². The van der Waals surface area contributed by atoms with E-state index in [2.05, 4.69) is 29.7 Å². The molecule has 118 valence electrons. The fourth-order valence-electron chi connectivity index (χ4n) is 3.28. The number of hydrogen-bond acceptors (Lipinski definition) is 4. The molecule has 0 saturated carbocycles. The Kier molecular flexibility index (Phi) is 6.03. The third-order valence-corrected chi connectivity index (χ3v) is 4.35. The molecule has 4 heteroatoms. The maximum atomic E-state index is 9.89. The molecule has 2 unspecified atom stereocenters. The third kappa shape index (κ3) is 3.96. The molecule has 2 rings (SSSR count). The smallest absolute Gasteiger partial charge is 0.119 e. The fraction of sp³-hybridized carbons (Fsp3) is 0.647. The van der Waals surface area contributed by atoms with Gasteiger partial charge >= 0.3 is 0 Å². The number of benzene rings is 1. The maximum absolute atomic E-state index is 9.89. The fourth-order valence-corrected chi connectivity index (χ4v) is 3.28. The average molecular weight is 292 g/mol. The molecule has 0 bridgehead atoms. The van der Waals surface area contributed by atoms with E-state index >= 15 is 0 Å². The lowest BCUT2D eigenvalue weighted by Crippen LogP contribution is -2.53. The molecule has 0 amide bonds. The molecule has 1 aliphatic heterocycles. The predicted molar refractivity (Wildman–Crippen MR) is 85.7 cm³/mol. The summed E-state index contributed by atoms with van der Waals surface area (Å²) in [6.07, 6.45) is 1.20. The Hall–Kier alpha value is -1.10. The van der Waals surface area contributed by atoms with E-state index in [0.29, 0.717) is 6.04 Å². The summed E-state index contributed by atoms with van der Waals surface area (Å²) in [5.74, 6) is 0.850. The number of nitrogens with zero attached hydrogens (tertiary/aromatic N) is 2. The van der Waals surface area contributed by atoms with Crippen LogP contribution in [-0.4, -0.2) is 60.8 Å². The second-order valence-electron chi connectivity index (χ2n) is 5.86. The van der Waals surface area contributed by atoms with Crippen molar-refractivity contribution in [2.24, 2.45) is 0 Å². The minimum atomic E-state index is 0.0545. The van der Waals surface area contributed by atoms with E-state index in [-0.39, 0.29) is 12.6 Å². The second-order valence-corrected chi connectivity index (χ2v) is 5.86. The summed E-state index contributed by atoms with van der Waals surface area (Å²) in [5.41, 5.74) is 1.13. The average Bonchev–Trinajstić information content (AvgIpc) is 2.50. The molecule has 1 aromatic rings. The van der Waals surface area contributed by atoms with Gasteiger partial charge in [0.2, 0.25) is 0 Å². The molecule has 4 nitrogen and oxygen atoms in total. The summed E-state index contributed by atoms with van der Waals surface area (Å²) in [6.45, 7) is 8.96. The van der Waals surface area contributed by atoms with Crippen LogP contribution in [0.1, 0.15) is 31.9 Å². The summed E-state index contributed by atoms with van der Waals surface area (Å²) in [7, 11) is 1.68. The van der Waals surface area contributed by atoms with Gasteiger partial charge in [-0.1, -0.05) is 19.1 Å². The van der Waals surface area contributed by atoms with Crippen LogP contribution < -0.4 is 4.74 Å². The van der Waals surface area contributed by atoms with Crippen molar-refractivity contribution >= 4 is 0 Å². The minimum Gasteiger partial charge on any atom is -0.497 e. The normalized spacial score (nSPS) is 22.2. The van der Waals surface area contributed by atoms with Crippen molar-refractivity contribution in [3.8, 4) is 5.75 Å². The van der Waals surface area contributed by atoms with Gasteiger partial charge in [0.1, 0.15) is 5.75 Å². The van der Waals surface area contributed by atoms with E-state index in [9.17, 15) is 5.11 Å². The zero-order valence-corrected chi connectivity index (χ0v) is 13.5. The lowest BCUT2D eigenvalue weighted by molar-refractivity contribution is 0.0252. The van der Waals surface area contributed by atoms with Gasteiger partial charge in [-0.05, 0) is 37.6 Å². The summed E-state index contributed by atoms with van der Waals surface area (Å²) >= 11 is 0. The molecule has 0 spiro atoms. The number of aliphatic hydroxyl groups is 1. The molecule has 1 aromatic carbocycles. The van der Waals surface area contributed by atoms with Gasteiger partial charge in [-0.3, -0.25) is 4.90 Å². The number of piperazine rings is 1. The van der Waals surface area contributed by atoms with E-state index in [1.807, 2.05) is 18.2 Å². The Labute approximate surface area is 128 Å². The Morgan fingerprint density at radius 1 is 1.38 bits per heavy atom. The zero-order valence-electron chi connectivity index (χ0n) is 13.5. The van der Waals surface area contributed by atoms with Crippen LogP contribution in [0.25, 0.3) is 0 Å². The number of hydrogen-bond donors (Lipinski definition) is 1. The highest BCUT2D eigenvalue weighted by molar-refractivity contribution is 5.30. The van der Waals surface area contributed by atoms with Crippen molar-refractivity contribution in [1.82, 2.24) is 9.80 Å². The number of ether oxygens (including phenoxy) is 1. The first-order valence-electron chi connectivity index (χ1n) is 7.92. The first-order chi connectivity index (χ1) is 10.2. The van der Waals surface area contributed by atoms with Gasteiger partial charge in [-0.2, -0.15) is 0 Å².